The lowest BCUT2D eigenvalue weighted by molar-refractivity contribution is 0.0631. The van der Waals surface area contributed by atoms with E-state index in [1.807, 2.05) is 35.2 Å². The summed E-state index contributed by atoms with van der Waals surface area (Å²) >= 11 is 5.48. The minimum absolute atomic E-state index is 0.466. The van der Waals surface area contributed by atoms with Gasteiger partial charge in [0, 0.05) is 29.9 Å². The Kier molecular flexibility index (Phi) is 4.40. The van der Waals surface area contributed by atoms with Gasteiger partial charge in [-0.2, -0.15) is 0 Å². The number of hydrogen-bond donors (Lipinski definition) is 0. The van der Waals surface area contributed by atoms with Gasteiger partial charge >= 0.3 is 0 Å². The number of morpholine rings is 1. The van der Waals surface area contributed by atoms with Crippen LogP contribution in [0.15, 0.2) is 66.7 Å². The maximum Gasteiger partial charge on any atom is 0.265 e. The van der Waals surface area contributed by atoms with Crippen LogP contribution < -0.4 is 4.74 Å². The van der Waals surface area contributed by atoms with Gasteiger partial charge in [-0.3, -0.25) is 0 Å². The van der Waals surface area contributed by atoms with Crippen molar-refractivity contribution in [1.82, 2.24) is 14.9 Å². The Bertz CT molecular complexity index is 1480. The lowest BCUT2D eigenvalue weighted by Gasteiger charge is -2.28. The summed E-state index contributed by atoms with van der Waals surface area (Å²) in [5.41, 5.74) is 3.43. The van der Waals surface area contributed by atoms with Gasteiger partial charge in [0.25, 0.3) is 5.17 Å². The van der Waals surface area contributed by atoms with E-state index in [0.717, 1.165) is 45.9 Å². The number of nitrogens with zero attached hydrogens (tertiary/aromatic N) is 3. The molecule has 5 aromatic rings. The zero-order valence-electron chi connectivity index (χ0n) is 16.7. The molecule has 5 nitrogen and oxygen atoms in total. The van der Waals surface area contributed by atoms with Crippen molar-refractivity contribution in [2.24, 2.45) is 0 Å². The molecule has 0 N–H and O–H groups in total. The fourth-order valence-corrected chi connectivity index (χ4v) is 4.51. The van der Waals surface area contributed by atoms with Crippen LogP contribution >= 0.6 is 12.2 Å². The molecule has 1 aliphatic rings. The molecule has 0 saturated carbocycles. The fraction of sp³-hybridized carbons (Fsp3) is 0.160. The van der Waals surface area contributed by atoms with Gasteiger partial charge in [-0.15, -0.1) is 0 Å². The number of fused-ring (bicyclic) bond motifs is 7. The molecule has 0 bridgehead atoms. The summed E-state index contributed by atoms with van der Waals surface area (Å²) in [7, 11) is 0. The minimum atomic E-state index is 0.466. The van der Waals surface area contributed by atoms with Crippen molar-refractivity contribution < 1.29 is 9.47 Å². The predicted molar refractivity (Wildman–Crippen MR) is 128 cm³/mol. The van der Waals surface area contributed by atoms with E-state index in [1.165, 1.54) is 10.8 Å². The summed E-state index contributed by atoms with van der Waals surface area (Å²) < 4.78 is 11.4. The monoisotopic (exact) mass is 425 g/mol. The van der Waals surface area contributed by atoms with Gasteiger partial charge in [0.1, 0.15) is 5.75 Å². The molecular formula is C25H19N3O2S. The van der Waals surface area contributed by atoms with Gasteiger partial charge in [-0.1, -0.05) is 48.5 Å². The van der Waals surface area contributed by atoms with E-state index in [1.54, 1.807) is 0 Å². The van der Waals surface area contributed by atoms with Crippen LogP contribution in [0.5, 0.6) is 5.75 Å². The number of rotatable bonds is 1. The highest BCUT2D eigenvalue weighted by Gasteiger charge is 2.16. The van der Waals surface area contributed by atoms with Crippen LogP contribution in [-0.2, 0) is 4.74 Å². The molecular weight excluding hydrogens is 406 g/mol. The quantitative estimate of drug-likeness (QED) is 0.212. The highest BCUT2D eigenvalue weighted by Crippen LogP contribution is 2.34. The Morgan fingerprint density at radius 3 is 2.00 bits per heavy atom. The van der Waals surface area contributed by atoms with Crippen LogP contribution in [0, 0.1) is 0 Å². The van der Waals surface area contributed by atoms with Crippen molar-refractivity contribution in [3.05, 3.63) is 66.7 Å². The first-order chi connectivity index (χ1) is 15.3. The third-order valence-electron chi connectivity index (χ3n) is 5.76. The van der Waals surface area contributed by atoms with Crippen molar-refractivity contribution in [1.29, 1.82) is 0 Å². The fourth-order valence-electron chi connectivity index (χ4n) is 4.23. The van der Waals surface area contributed by atoms with E-state index in [2.05, 4.69) is 36.4 Å². The molecule has 1 aliphatic heterocycles. The van der Waals surface area contributed by atoms with Gasteiger partial charge in [-0.25, -0.2) is 9.97 Å². The van der Waals surface area contributed by atoms with Crippen molar-refractivity contribution in [3.63, 3.8) is 0 Å². The number of thiocarbonyl (C=S) groups is 1. The molecule has 0 atom stereocenters. The number of hydrogen-bond acceptors (Lipinski definition) is 5. The van der Waals surface area contributed by atoms with E-state index in [-0.39, 0.29) is 0 Å². The van der Waals surface area contributed by atoms with E-state index < -0.39 is 0 Å². The molecule has 6 rings (SSSR count). The SMILES string of the molecule is S=C(Oc1ccc2nc3c4ccccc4c4ccccc4c3nc2c1)N1CCOCC1. The molecule has 31 heavy (non-hydrogen) atoms. The van der Waals surface area contributed by atoms with E-state index in [0.29, 0.717) is 24.1 Å². The first-order valence-corrected chi connectivity index (χ1v) is 10.7. The largest absolute Gasteiger partial charge is 0.432 e. The summed E-state index contributed by atoms with van der Waals surface area (Å²) in [6, 6.07) is 22.5. The molecule has 0 radical (unpaired) electrons. The highest BCUT2D eigenvalue weighted by atomic mass is 32.1. The molecule has 0 unspecified atom stereocenters. The second kappa shape index (κ2) is 7.41. The summed E-state index contributed by atoms with van der Waals surface area (Å²) in [4.78, 5) is 12.0. The maximum atomic E-state index is 5.97. The average molecular weight is 426 g/mol. The van der Waals surface area contributed by atoms with Crippen LogP contribution in [0.1, 0.15) is 0 Å². The van der Waals surface area contributed by atoms with Crippen molar-refractivity contribution in [2.45, 2.75) is 0 Å². The number of ether oxygens (including phenoxy) is 2. The van der Waals surface area contributed by atoms with Crippen LogP contribution in [-0.4, -0.2) is 46.3 Å². The Morgan fingerprint density at radius 2 is 1.35 bits per heavy atom. The minimum Gasteiger partial charge on any atom is -0.432 e. The predicted octanol–water partition coefficient (Wildman–Crippen LogP) is 5.09. The van der Waals surface area contributed by atoms with E-state index >= 15 is 0 Å². The maximum absolute atomic E-state index is 5.97. The third-order valence-corrected chi connectivity index (χ3v) is 6.11. The normalized spacial score (nSPS) is 14.5. The second-order valence-electron chi connectivity index (χ2n) is 7.63. The van der Waals surface area contributed by atoms with Crippen LogP contribution in [0.3, 0.4) is 0 Å². The van der Waals surface area contributed by atoms with Crippen LogP contribution in [0.2, 0.25) is 0 Å². The summed E-state index contributed by atoms with van der Waals surface area (Å²) in [6.45, 7) is 2.82. The molecule has 1 saturated heterocycles. The molecule has 1 aromatic heterocycles. The molecule has 2 heterocycles. The molecule has 4 aromatic carbocycles. The van der Waals surface area contributed by atoms with Gasteiger partial charge in [0.05, 0.1) is 35.3 Å². The Morgan fingerprint density at radius 1 is 0.774 bits per heavy atom. The first-order valence-electron chi connectivity index (χ1n) is 10.3. The van der Waals surface area contributed by atoms with E-state index in [4.69, 9.17) is 31.7 Å². The van der Waals surface area contributed by atoms with Crippen LogP contribution in [0.25, 0.3) is 43.6 Å². The topological polar surface area (TPSA) is 47.5 Å². The van der Waals surface area contributed by atoms with E-state index in [9.17, 15) is 0 Å². The van der Waals surface area contributed by atoms with Gasteiger partial charge in [0.15, 0.2) is 0 Å². The lowest BCUT2D eigenvalue weighted by Crippen LogP contribution is -2.42. The van der Waals surface area contributed by atoms with Gasteiger partial charge in [0.2, 0.25) is 0 Å². The number of aromatic nitrogens is 2. The second-order valence-corrected chi connectivity index (χ2v) is 7.98. The van der Waals surface area contributed by atoms with Gasteiger partial charge in [-0.05, 0) is 35.1 Å². The summed E-state index contributed by atoms with van der Waals surface area (Å²) in [5, 5.41) is 5.04. The first kappa shape index (κ1) is 18.4. The molecule has 0 aliphatic carbocycles. The zero-order chi connectivity index (χ0) is 20.8. The third kappa shape index (κ3) is 3.15. The number of benzene rings is 4. The smallest absolute Gasteiger partial charge is 0.265 e. The van der Waals surface area contributed by atoms with Crippen molar-refractivity contribution in [3.8, 4) is 5.75 Å². The molecule has 1 fully saturated rings. The summed E-state index contributed by atoms with van der Waals surface area (Å²) in [6.07, 6.45) is 0. The van der Waals surface area contributed by atoms with Crippen molar-refractivity contribution in [2.75, 3.05) is 26.3 Å². The Balaban J connectivity index is 1.51. The van der Waals surface area contributed by atoms with Gasteiger partial charge < -0.3 is 14.4 Å². The van der Waals surface area contributed by atoms with Crippen LogP contribution in [0.4, 0.5) is 0 Å². The Labute approximate surface area is 184 Å². The standard InChI is InChI=1S/C25H19N3O2S/c31-25(28-11-13-29-14-12-28)30-16-9-10-21-22(15-16)27-24-20-8-4-2-6-18(20)17-5-1-3-7-19(17)23(24)26-21/h1-10,15H,11-14H2. The molecule has 0 amide bonds. The zero-order valence-corrected chi connectivity index (χ0v) is 17.6. The molecule has 0 spiro atoms. The Hall–Kier alpha value is -3.35. The van der Waals surface area contributed by atoms with Crippen molar-refractivity contribution >= 4 is 61.0 Å². The average Bonchev–Trinajstić information content (AvgIpc) is 2.84. The highest BCUT2D eigenvalue weighted by molar-refractivity contribution is 7.80. The lowest BCUT2D eigenvalue weighted by atomic mass is 9.99. The molecule has 152 valence electrons. The summed E-state index contributed by atoms with van der Waals surface area (Å²) in [5.74, 6) is 0.669. The molecule has 6 heteroatoms.